The number of carbonyl (C=O) groups is 3. The largest absolute Gasteiger partial charge is 0.381 e. The molecule has 0 bridgehead atoms. The van der Waals surface area contributed by atoms with Crippen molar-refractivity contribution in [3.63, 3.8) is 0 Å². The average molecular weight is 467 g/mol. The molecule has 2 amide bonds. The first-order valence-corrected chi connectivity index (χ1v) is 11.3. The third-order valence-electron chi connectivity index (χ3n) is 5.72. The minimum atomic E-state index is -0.572. The van der Waals surface area contributed by atoms with Crippen LogP contribution >= 0.6 is 12.2 Å². The molecular formula is C23H26N6O3S. The maximum Gasteiger partial charge on any atom is 0.275 e. The minimum Gasteiger partial charge on any atom is -0.381 e. The Morgan fingerprint density at radius 1 is 1.24 bits per heavy atom. The van der Waals surface area contributed by atoms with Crippen LogP contribution in [0.5, 0.6) is 0 Å². The standard InChI is InChI=1S/C23H26N6O3S/c1-3-29-17(9-12(2)28-29)23(32)27-22-20-19-15(10-13(21(24)31)11-16(19)26-22)18(33)6-4-5-14(30)7-8-25-20/h9-11,25-26H,3-8H2,1-2H3,(H2,24,31)(H,27,32). The van der Waals surface area contributed by atoms with E-state index in [1.165, 1.54) is 0 Å². The van der Waals surface area contributed by atoms with E-state index in [1.807, 2.05) is 13.8 Å². The predicted molar refractivity (Wildman–Crippen MR) is 131 cm³/mol. The number of thiocarbonyl (C=S) groups is 1. The van der Waals surface area contributed by atoms with E-state index in [1.54, 1.807) is 22.9 Å². The zero-order chi connectivity index (χ0) is 23.7. The van der Waals surface area contributed by atoms with E-state index in [0.29, 0.717) is 77.5 Å². The van der Waals surface area contributed by atoms with Gasteiger partial charge in [0.05, 0.1) is 16.9 Å². The topological polar surface area (TPSA) is 135 Å². The van der Waals surface area contributed by atoms with Gasteiger partial charge in [-0.05, 0) is 44.9 Å². The van der Waals surface area contributed by atoms with Gasteiger partial charge in [0.15, 0.2) is 0 Å². The van der Waals surface area contributed by atoms with Crippen molar-refractivity contribution in [2.75, 3.05) is 17.2 Å². The molecule has 0 aliphatic carbocycles. The van der Waals surface area contributed by atoms with Crippen LogP contribution in [0.1, 0.15) is 64.7 Å². The summed E-state index contributed by atoms with van der Waals surface area (Å²) in [5.41, 5.74) is 8.99. The number of hydrogen-bond acceptors (Lipinski definition) is 6. The van der Waals surface area contributed by atoms with Gasteiger partial charge in [-0.2, -0.15) is 5.10 Å². The first-order chi connectivity index (χ1) is 15.8. The molecule has 2 aromatic heterocycles. The first kappa shape index (κ1) is 22.7. The molecule has 0 spiro atoms. The molecule has 5 N–H and O–H groups in total. The molecule has 0 fully saturated rings. The van der Waals surface area contributed by atoms with Crippen LogP contribution in [0.15, 0.2) is 18.2 Å². The SMILES string of the molecule is CCn1nc(C)cc1C(=O)Nc1[nH]c2cc(C(N)=O)cc3c2c1NCCC(=O)CCCC3=S. The number of nitrogens with two attached hydrogens (primary N) is 1. The number of amides is 2. The number of nitrogens with one attached hydrogen (secondary N) is 3. The second kappa shape index (κ2) is 9.14. The first-order valence-electron chi connectivity index (χ1n) is 10.9. The maximum atomic E-state index is 13.1. The molecule has 1 aliphatic rings. The van der Waals surface area contributed by atoms with Crippen molar-refractivity contribution in [1.29, 1.82) is 0 Å². The molecule has 0 unspecified atom stereocenters. The Kier molecular flexibility index (Phi) is 6.28. The monoisotopic (exact) mass is 466 g/mol. The Labute approximate surface area is 196 Å². The molecule has 172 valence electrons. The lowest BCUT2D eigenvalue weighted by molar-refractivity contribution is -0.118. The van der Waals surface area contributed by atoms with Crippen molar-refractivity contribution in [2.24, 2.45) is 5.73 Å². The van der Waals surface area contributed by atoms with Gasteiger partial charge < -0.3 is 21.4 Å². The number of aryl methyl sites for hydroxylation is 2. The van der Waals surface area contributed by atoms with E-state index in [0.717, 1.165) is 11.1 Å². The summed E-state index contributed by atoms with van der Waals surface area (Å²) in [6.45, 7) is 4.70. The summed E-state index contributed by atoms with van der Waals surface area (Å²) >= 11 is 5.68. The Bertz CT molecular complexity index is 1290. The molecule has 33 heavy (non-hydrogen) atoms. The number of aromatic amines is 1. The van der Waals surface area contributed by atoms with Gasteiger partial charge in [-0.1, -0.05) is 12.2 Å². The highest BCUT2D eigenvalue weighted by Crippen LogP contribution is 2.37. The van der Waals surface area contributed by atoms with Crippen LogP contribution in [0.2, 0.25) is 0 Å². The van der Waals surface area contributed by atoms with E-state index in [4.69, 9.17) is 18.0 Å². The lowest BCUT2D eigenvalue weighted by atomic mass is 9.98. The van der Waals surface area contributed by atoms with Crippen LogP contribution in [0, 0.1) is 6.92 Å². The Morgan fingerprint density at radius 2 is 2.03 bits per heavy atom. The number of Topliss-reactive ketones (excluding diaryl/α,β-unsaturated/α-hetero) is 1. The van der Waals surface area contributed by atoms with E-state index in [-0.39, 0.29) is 11.7 Å². The summed E-state index contributed by atoms with van der Waals surface area (Å²) in [5, 5.41) is 11.3. The summed E-state index contributed by atoms with van der Waals surface area (Å²) in [6, 6.07) is 5.06. The van der Waals surface area contributed by atoms with E-state index < -0.39 is 5.91 Å². The Hall–Kier alpha value is -3.53. The zero-order valence-electron chi connectivity index (χ0n) is 18.6. The Morgan fingerprint density at radius 3 is 2.76 bits per heavy atom. The maximum absolute atomic E-state index is 13.1. The zero-order valence-corrected chi connectivity index (χ0v) is 19.4. The lowest BCUT2D eigenvalue weighted by Crippen LogP contribution is -2.18. The van der Waals surface area contributed by atoms with Gasteiger partial charge in [0.25, 0.3) is 5.91 Å². The van der Waals surface area contributed by atoms with Crippen molar-refractivity contribution in [2.45, 2.75) is 46.1 Å². The third-order valence-corrected chi connectivity index (χ3v) is 6.14. The summed E-state index contributed by atoms with van der Waals surface area (Å²) in [7, 11) is 0. The second-order valence-electron chi connectivity index (χ2n) is 8.12. The van der Waals surface area contributed by atoms with Crippen LogP contribution in [-0.4, -0.2) is 43.8 Å². The number of anilines is 2. The molecule has 0 radical (unpaired) electrons. The molecule has 1 aliphatic heterocycles. The normalized spacial score (nSPS) is 14.6. The molecule has 0 saturated heterocycles. The van der Waals surface area contributed by atoms with Crippen LogP contribution < -0.4 is 16.4 Å². The number of aromatic nitrogens is 3. The fraction of sp³-hybridized carbons (Fsp3) is 0.348. The quantitative estimate of drug-likeness (QED) is 0.436. The van der Waals surface area contributed by atoms with Gasteiger partial charge in [-0.25, -0.2) is 0 Å². The lowest BCUT2D eigenvalue weighted by Gasteiger charge is -2.12. The van der Waals surface area contributed by atoms with E-state index in [9.17, 15) is 14.4 Å². The van der Waals surface area contributed by atoms with Crippen LogP contribution in [0.4, 0.5) is 11.5 Å². The number of carbonyl (C=O) groups excluding carboxylic acids is 3. The van der Waals surface area contributed by atoms with Gasteiger partial charge in [0.1, 0.15) is 17.3 Å². The number of hydrogen-bond donors (Lipinski definition) is 4. The van der Waals surface area contributed by atoms with Gasteiger partial charge in [0, 0.05) is 47.3 Å². The van der Waals surface area contributed by atoms with Crippen LogP contribution in [0.25, 0.3) is 10.9 Å². The molecule has 3 heterocycles. The van der Waals surface area contributed by atoms with Crippen molar-refractivity contribution >= 4 is 57.1 Å². The average Bonchev–Trinajstić information content (AvgIpc) is 3.31. The summed E-state index contributed by atoms with van der Waals surface area (Å²) < 4.78 is 1.63. The molecule has 10 heteroatoms. The molecule has 0 atom stereocenters. The number of nitrogens with zero attached hydrogens (tertiary/aromatic N) is 2. The fourth-order valence-electron chi connectivity index (χ4n) is 4.14. The van der Waals surface area contributed by atoms with Crippen LogP contribution in [0.3, 0.4) is 0 Å². The smallest absolute Gasteiger partial charge is 0.275 e. The van der Waals surface area contributed by atoms with Gasteiger partial charge in [-0.15, -0.1) is 0 Å². The molecular weight excluding hydrogens is 440 g/mol. The van der Waals surface area contributed by atoms with Crippen molar-refractivity contribution in [1.82, 2.24) is 14.8 Å². The highest BCUT2D eigenvalue weighted by Gasteiger charge is 2.23. The molecule has 1 aromatic carbocycles. The number of primary amides is 1. The summed E-state index contributed by atoms with van der Waals surface area (Å²) in [5.74, 6) is -0.327. The van der Waals surface area contributed by atoms with Crippen LogP contribution in [-0.2, 0) is 11.3 Å². The Balaban J connectivity index is 1.85. The van der Waals surface area contributed by atoms with Gasteiger partial charge in [-0.3, -0.25) is 19.1 Å². The molecule has 4 rings (SSSR count). The highest BCUT2D eigenvalue weighted by atomic mass is 32.1. The van der Waals surface area contributed by atoms with Crippen molar-refractivity contribution in [3.8, 4) is 0 Å². The minimum absolute atomic E-state index is 0.147. The molecule has 9 nitrogen and oxygen atoms in total. The number of ketones is 1. The summed E-state index contributed by atoms with van der Waals surface area (Å²) in [6.07, 6.45) is 1.99. The predicted octanol–water partition coefficient (Wildman–Crippen LogP) is 3.32. The summed E-state index contributed by atoms with van der Waals surface area (Å²) in [4.78, 5) is 41.1. The third kappa shape index (κ3) is 4.51. The fourth-order valence-corrected chi connectivity index (χ4v) is 4.45. The number of rotatable bonds is 4. The highest BCUT2D eigenvalue weighted by molar-refractivity contribution is 7.80. The van der Waals surface area contributed by atoms with E-state index in [2.05, 4.69) is 20.7 Å². The molecule has 3 aromatic rings. The second-order valence-corrected chi connectivity index (χ2v) is 8.61. The van der Waals surface area contributed by atoms with Crippen molar-refractivity contribution < 1.29 is 14.4 Å². The number of H-pyrrole nitrogens is 1. The van der Waals surface area contributed by atoms with Gasteiger partial charge >= 0.3 is 0 Å². The van der Waals surface area contributed by atoms with E-state index >= 15 is 0 Å². The van der Waals surface area contributed by atoms with Gasteiger partial charge in [0.2, 0.25) is 5.91 Å². The van der Waals surface area contributed by atoms with Crippen molar-refractivity contribution in [3.05, 3.63) is 40.7 Å². The molecule has 0 saturated carbocycles. The number of benzene rings is 1.